The molecule has 0 heterocycles. The first kappa shape index (κ1) is 14.8. The van der Waals surface area contributed by atoms with Crippen molar-refractivity contribution in [1.82, 2.24) is 4.84 Å². The van der Waals surface area contributed by atoms with Crippen LogP contribution in [0.3, 0.4) is 0 Å². The molecule has 0 bridgehead atoms. The van der Waals surface area contributed by atoms with Gasteiger partial charge in [0.2, 0.25) is 0 Å². The first-order valence-corrected chi connectivity index (χ1v) is 6.43. The van der Waals surface area contributed by atoms with Gasteiger partial charge in [-0.3, -0.25) is 4.79 Å². The van der Waals surface area contributed by atoms with Gasteiger partial charge < -0.3 is 10.0 Å². The highest BCUT2D eigenvalue weighted by molar-refractivity contribution is 6.13. The van der Waals surface area contributed by atoms with Crippen LogP contribution in [-0.2, 0) is 4.79 Å². The molecular weight excluding hydrogens is 252 g/mol. The van der Waals surface area contributed by atoms with Crippen LogP contribution in [-0.4, -0.2) is 24.2 Å². The van der Waals surface area contributed by atoms with Crippen LogP contribution in [0.2, 0.25) is 0 Å². The zero-order valence-electron chi connectivity index (χ0n) is 10.7. The molecule has 4 nitrogen and oxygen atoms in total. The van der Waals surface area contributed by atoms with Crippen molar-refractivity contribution in [2.24, 2.45) is 0 Å². The van der Waals surface area contributed by atoms with E-state index in [1.54, 1.807) is 0 Å². The molecule has 0 aliphatic carbocycles. The second kappa shape index (κ2) is 7.24. The summed E-state index contributed by atoms with van der Waals surface area (Å²) in [5.41, 5.74) is 2.01. The highest BCUT2D eigenvalue weighted by Gasteiger charge is 2.14. The Morgan fingerprint density at radius 3 is 2.28 bits per heavy atom. The van der Waals surface area contributed by atoms with Gasteiger partial charge >= 0.3 is 5.97 Å². The highest BCUT2D eigenvalue weighted by Crippen LogP contribution is 2.21. The summed E-state index contributed by atoms with van der Waals surface area (Å²) >= 11 is 5.58. The lowest BCUT2D eigenvalue weighted by atomic mass is 10.0. The predicted octanol–water partition coefficient (Wildman–Crippen LogP) is 2.79. The molecule has 2 N–H and O–H groups in total. The number of halogens is 1. The Balaban J connectivity index is 2.83. The summed E-state index contributed by atoms with van der Waals surface area (Å²) in [5, 5.41) is 8.79. The van der Waals surface area contributed by atoms with Gasteiger partial charge in [-0.1, -0.05) is 12.1 Å². The minimum absolute atomic E-state index is 0.0336. The van der Waals surface area contributed by atoms with Gasteiger partial charge in [-0.2, -0.15) is 0 Å². The first-order chi connectivity index (χ1) is 8.62. The number of nitrogens with zero attached hydrogens (tertiary/aromatic N) is 1. The molecule has 1 rings (SSSR count). The van der Waals surface area contributed by atoms with Crippen molar-refractivity contribution in [1.29, 1.82) is 0 Å². The number of anilines is 1. The van der Waals surface area contributed by atoms with Gasteiger partial charge in [-0.05, 0) is 43.3 Å². The Labute approximate surface area is 113 Å². The fourth-order valence-electron chi connectivity index (χ4n) is 1.90. The van der Waals surface area contributed by atoms with Crippen LogP contribution in [0.25, 0.3) is 0 Å². The summed E-state index contributed by atoms with van der Waals surface area (Å²) in [7, 11) is 0. The van der Waals surface area contributed by atoms with E-state index in [2.05, 4.69) is 23.6 Å². The monoisotopic (exact) mass is 270 g/mol. The maximum Gasteiger partial charge on any atom is 0.305 e. The molecule has 18 heavy (non-hydrogen) atoms. The average Bonchev–Trinajstić information content (AvgIpc) is 2.38. The molecule has 5 heteroatoms. The number of carboxylic acids is 1. The van der Waals surface area contributed by atoms with Crippen LogP contribution in [0.1, 0.15) is 31.9 Å². The average molecular weight is 271 g/mol. The summed E-state index contributed by atoms with van der Waals surface area (Å²) in [6, 6.07) is 7.44. The number of hydrogen-bond acceptors (Lipinski definition) is 3. The lowest BCUT2D eigenvalue weighted by Crippen LogP contribution is -2.22. The van der Waals surface area contributed by atoms with Gasteiger partial charge in [-0.15, -0.1) is 0 Å². The Morgan fingerprint density at radius 1 is 1.33 bits per heavy atom. The molecule has 0 aliphatic heterocycles. The van der Waals surface area contributed by atoms with Crippen LogP contribution >= 0.6 is 11.8 Å². The molecular formula is C13H19ClN2O2. The smallest absolute Gasteiger partial charge is 0.305 e. The number of nitrogens with one attached hydrogen (secondary N) is 1. The molecule has 0 saturated heterocycles. The molecule has 1 unspecified atom stereocenters. The molecule has 1 aromatic rings. The number of aliphatic carboxylic acids is 1. The number of carboxylic acid groups (broad SMARTS) is 1. The Morgan fingerprint density at radius 2 is 1.89 bits per heavy atom. The summed E-state index contributed by atoms with van der Waals surface area (Å²) in [6.07, 6.45) is -0.0336. The summed E-state index contributed by atoms with van der Waals surface area (Å²) in [6.45, 7) is 6.10. The molecule has 0 spiro atoms. The fraction of sp³-hybridized carbons (Fsp3) is 0.462. The predicted molar refractivity (Wildman–Crippen MR) is 74.0 cm³/mol. The number of hydrogen-bond donors (Lipinski definition) is 2. The van der Waals surface area contributed by atoms with Crippen LogP contribution < -0.4 is 9.74 Å². The second-order valence-corrected chi connectivity index (χ2v) is 4.24. The fourth-order valence-corrected chi connectivity index (χ4v) is 2.10. The highest BCUT2D eigenvalue weighted by atomic mass is 35.5. The molecule has 100 valence electrons. The van der Waals surface area contributed by atoms with Crippen molar-refractivity contribution in [3.05, 3.63) is 29.8 Å². The standard InChI is InChI=1S/C13H19ClN2O2/c1-3-16(4-2)11-7-5-10(6-8-11)12(15-14)9-13(17)18/h5-8,12,15H,3-4,9H2,1-2H3,(H,17,18). The molecule has 0 saturated carbocycles. The van der Waals surface area contributed by atoms with E-state index in [-0.39, 0.29) is 12.5 Å². The third-order valence-electron chi connectivity index (χ3n) is 2.93. The third kappa shape index (κ3) is 3.89. The van der Waals surface area contributed by atoms with E-state index in [0.29, 0.717) is 0 Å². The van der Waals surface area contributed by atoms with Gasteiger partial charge in [0, 0.05) is 18.8 Å². The van der Waals surface area contributed by atoms with Gasteiger partial charge in [0.1, 0.15) is 0 Å². The van der Waals surface area contributed by atoms with Crippen molar-refractivity contribution in [2.75, 3.05) is 18.0 Å². The number of benzene rings is 1. The van der Waals surface area contributed by atoms with Crippen molar-refractivity contribution in [3.8, 4) is 0 Å². The molecule has 1 atom stereocenters. The number of carbonyl (C=O) groups is 1. The topological polar surface area (TPSA) is 52.6 Å². The van der Waals surface area contributed by atoms with E-state index in [9.17, 15) is 4.79 Å². The van der Waals surface area contributed by atoms with E-state index in [4.69, 9.17) is 16.9 Å². The molecule has 0 amide bonds. The maximum absolute atomic E-state index is 10.7. The lowest BCUT2D eigenvalue weighted by Gasteiger charge is -2.22. The van der Waals surface area contributed by atoms with Crippen molar-refractivity contribution >= 4 is 23.4 Å². The minimum atomic E-state index is -0.874. The first-order valence-electron chi connectivity index (χ1n) is 6.05. The third-order valence-corrected chi connectivity index (χ3v) is 3.20. The largest absolute Gasteiger partial charge is 0.481 e. The zero-order chi connectivity index (χ0) is 13.5. The Hall–Kier alpha value is -1.26. The van der Waals surface area contributed by atoms with Gasteiger partial charge in [0.25, 0.3) is 0 Å². The Kier molecular flexibility index (Phi) is 5.95. The molecule has 0 aromatic heterocycles. The Bertz CT molecular complexity index is 377. The van der Waals surface area contributed by atoms with Gasteiger partial charge in [0.05, 0.1) is 12.5 Å². The summed E-state index contributed by atoms with van der Waals surface area (Å²) < 4.78 is 0. The van der Waals surface area contributed by atoms with Crippen LogP contribution in [0.4, 0.5) is 5.69 Å². The quantitative estimate of drug-likeness (QED) is 0.748. The van der Waals surface area contributed by atoms with Gasteiger partial charge in [0.15, 0.2) is 0 Å². The van der Waals surface area contributed by atoms with Crippen molar-refractivity contribution in [3.63, 3.8) is 0 Å². The van der Waals surface area contributed by atoms with E-state index >= 15 is 0 Å². The zero-order valence-corrected chi connectivity index (χ0v) is 11.4. The van der Waals surface area contributed by atoms with E-state index in [1.165, 1.54) is 0 Å². The molecule has 0 fully saturated rings. The number of rotatable bonds is 7. The molecule has 0 radical (unpaired) electrons. The van der Waals surface area contributed by atoms with E-state index < -0.39 is 5.97 Å². The van der Waals surface area contributed by atoms with E-state index in [0.717, 1.165) is 24.3 Å². The molecule has 0 aliphatic rings. The SMILES string of the molecule is CCN(CC)c1ccc(C(CC(=O)O)NCl)cc1. The molecule has 1 aromatic carbocycles. The van der Waals surface area contributed by atoms with Crippen molar-refractivity contribution in [2.45, 2.75) is 26.3 Å². The van der Waals surface area contributed by atoms with Crippen LogP contribution in [0.15, 0.2) is 24.3 Å². The normalized spacial score (nSPS) is 12.2. The van der Waals surface area contributed by atoms with Crippen LogP contribution in [0.5, 0.6) is 0 Å². The van der Waals surface area contributed by atoms with Crippen LogP contribution in [0, 0.1) is 0 Å². The summed E-state index contributed by atoms with van der Waals surface area (Å²) in [4.78, 5) is 15.4. The summed E-state index contributed by atoms with van der Waals surface area (Å²) in [5.74, 6) is -0.874. The second-order valence-electron chi connectivity index (χ2n) is 4.02. The minimum Gasteiger partial charge on any atom is -0.481 e. The lowest BCUT2D eigenvalue weighted by molar-refractivity contribution is -0.137. The van der Waals surface area contributed by atoms with E-state index in [1.807, 2.05) is 24.3 Å². The van der Waals surface area contributed by atoms with Gasteiger partial charge in [-0.25, -0.2) is 4.84 Å². The van der Waals surface area contributed by atoms with Crippen molar-refractivity contribution < 1.29 is 9.90 Å². The maximum atomic E-state index is 10.7.